The number of anilines is 1. The van der Waals surface area contributed by atoms with Crippen molar-refractivity contribution in [3.63, 3.8) is 0 Å². The lowest BCUT2D eigenvalue weighted by Gasteiger charge is -2.20. The van der Waals surface area contributed by atoms with Crippen LogP contribution in [0.15, 0.2) is 36.1 Å². The minimum atomic E-state index is 0.164. The second-order valence-electron chi connectivity index (χ2n) is 4.45. The molecule has 1 aromatic rings. The van der Waals surface area contributed by atoms with Gasteiger partial charge in [0.25, 0.3) is 0 Å². The Hall–Kier alpha value is -1.48. The third kappa shape index (κ3) is 2.61. The fraction of sp³-hybridized carbons (Fsp3) is 0.429. The van der Waals surface area contributed by atoms with Crippen molar-refractivity contribution in [2.75, 3.05) is 32.6 Å². The number of nitrogens with zero attached hydrogens (tertiary/aromatic N) is 1. The first-order chi connectivity index (χ1) is 8.22. The fourth-order valence-corrected chi connectivity index (χ4v) is 2.09. The maximum Gasteiger partial charge on any atom is 0.114 e. The number of nitrogens with one attached hydrogen (secondary N) is 1. The van der Waals surface area contributed by atoms with E-state index in [2.05, 4.69) is 54.7 Å². The van der Waals surface area contributed by atoms with Crippen LogP contribution in [0.1, 0.15) is 18.0 Å². The summed E-state index contributed by atoms with van der Waals surface area (Å²) in [7, 11) is 6.08. The van der Waals surface area contributed by atoms with Gasteiger partial charge in [0.2, 0.25) is 0 Å². The summed E-state index contributed by atoms with van der Waals surface area (Å²) >= 11 is 0. The van der Waals surface area contributed by atoms with Crippen molar-refractivity contribution < 1.29 is 4.74 Å². The molecule has 1 N–H and O–H groups in total. The van der Waals surface area contributed by atoms with Gasteiger partial charge in [-0.3, -0.25) is 0 Å². The van der Waals surface area contributed by atoms with E-state index in [1.54, 1.807) is 0 Å². The van der Waals surface area contributed by atoms with Crippen LogP contribution in [0.5, 0.6) is 0 Å². The van der Waals surface area contributed by atoms with E-state index in [0.717, 1.165) is 18.8 Å². The highest BCUT2D eigenvalue weighted by molar-refractivity contribution is 5.48. The highest BCUT2D eigenvalue weighted by Gasteiger charge is 2.19. The largest absolute Gasteiger partial charge is 0.496 e. The van der Waals surface area contributed by atoms with Gasteiger partial charge >= 0.3 is 0 Å². The second kappa shape index (κ2) is 5.23. The smallest absolute Gasteiger partial charge is 0.114 e. The number of benzene rings is 1. The molecule has 1 aromatic carbocycles. The molecule has 1 aliphatic rings. The van der Waals surface area contributed by atoms with Gasteiger partial charge in [0.05, 0.1) is 12.6 Å². The molecule has 0 aliphatic carbocycles. The van der Waals surface area contributed by atoms with Crippen LogP contribution < -0.4 is 10.2 Å². The van der Waals surface area contributed by atoms with Gasteiger partial charge in [-0.25, -0.2) is 0 Å². The number of hydrogen-bond acceptors (Lipinski definition) is 3. The van der Waals surface area contributed by atoms with E-state index in [1.807, 2.05) is 7.05 Å². The standard InChI is InChI=1S/C14H20N2O/c1-15-14(13-8-5-9-17-13)11-6-4-7-12(10-11)16(2)3/h4,6-8,10,14-15H,5,9H2,1-3H3. The van der Waals surface area contributed by atoms with Crippen LogP contribution in [0.4, 0.5) is 5.69 Å². The molecule has 0 fully saturated rings. The van der Waals surface area contributed by atoms with Crippen LogP contribution in [0.3, 0.4) is 0 Å². The molecule has 1 atom stereocenters. The summed E-state index contributed by atoms with van der Waals surface area (Å²) in [4.78, 5) is 2.11. The summed E-state index contributed by atoms with van der Waals surface area (Å²) in [5.41, 5.74) is 2.45. The molecule has 0 saturated heterocycles. The van der Waals surface area contributed by atoms with Gasteiger partial charge in [0, 0.05) is 26.2 Å². The molecule has 2 rings (SSSR count). The van der Waals surface area contributed by atoms with Crippen molar-refractivity contribution in [2.45, 2.75) is 12.5 Å². The topological polar surface area (TPSA) is 24.5 Å². The molecule has 0 radical (unpaired) electrons. The average Bonchev–Trinajstić information content (AvgIpc) is 2.84. The SMILES string of the molecule is CNC(C1=CCCO1)c1cccc(N(C)C)c1. The van der Waals surface area contributed by atoms with Crippen molar-refractivity contribution in [1.29, 1.82) is 0 Å². The first kappa shape index (κ1) is 12.0. The van der Waals surface area contributed by atoms with Gasteiger partial charge < -0.3 is 15.0 Å². The molecule has 0 bridgehead atoms. The highest BCUT2D eigenvalue weighted by Crippen LogP contribution is 2.28. The molecule has 92 valence electrons. The molecule has 3 heteroatoms. The van der Waals surface area contributed by atoms with E-state index in [9.17, 15) is 0 Å². The molecule has 0 spiro atoms. The predicted octanol–water partition coefficient (Wildman–Crippen LogP) is 2.32. The molecule has 0 amide bonds. The molecule has 3 nitrogen and oxygen atoms in total. The average molecular weight is 232 g/mol. The van der Waals surface area contributed by atoms with E-state index in [0.29, 0.717) is 0 Å². The van der Waals surface area contributed by atoms with Gasteiger partial charge in [-0.1, -0.05) is 12.1 Å². The molecular formula is C14H20N2O. The summed E-state index contributed by atoms with van der Waals surface area (Å²) in [6.07, 6.45) is 3.18. The Labute approximate surface area is 103 Å². The van der Waals surface area contributed by atoms with Crippen molar-refractivity contribution in [3.8, 4) is 0 Å². The van der Waals surface area contributed by atoms with Crippen molar-refractivity contribution in [3.05, 3.63) is 41.7 Å². The fourth-order valence-electron chi connectivity index (χ4n) is 2.09. The second-order valence-corrected chi connectivity index (χ2v) is 4.45. The molecule has 0 aromatic heterocycles. The maximum absolute atomic E-state index is 5.65. The predicted molar refractivity (Wildman–Crippen MR) is 71.2 cm³/mol. The Morgan fingerprint density at radius 3 is 2.76 bits per heavy atom. The monoisotopic (exact) mass is 232 g/mol. The lowest BCUT2D eigenvalue weighted by molar-refractivity contribution is 0.218. The quantitative estimate of drug-likeness (QED) is 0.862. The minimum Gasteiger partial charge on any atom is -0.496 e. The number of hydrogen-bond donors (Lipinski definition) is 1. The Kier molecular flexibility index (Phi) is 3.69. The molecule has 17 heavy (non-hydrogen) atoms. The highest BCUT2D eigenvalue weighted by atomic mass is 16.5. The van der Waals surface area contributed by atoms with Crippen LogP contribution in [-0.2, 0) is 4.74 Å². The third-order valence-electron chi connectivity index (χ3n) is 3.03. The van der Waals surface area contributed by atoms with Crippen LogP contribution in [0, 0.1) is 0 Å². The third-order valence-corrected chi connectivity index (χ3v) is 3.03. The summed E-state index contributed by atoms with van der Waals surface area (Å²) in [5, 5.41) is 3.31. The van der Waals surface area contributed by atoms with Gasteiger partial charge in [0.15, 0.2) is 0 Å². The van der Waals surface area contributed by atoms with E-state index in [4.69, 9.17) is 4.74 Å². The molecule has 1 aliphatic heterocycles. The van der Waals surface area contributed by atoms with E-state index >= 15 is 0 Å². The van der Waals surface area contributed by atoms with Crippen LogP contribution in [0.25, 0.3) is 0 Å². The van der Waals surface area contributed by atoms with Gasteiger partial charge in [-0.15, -0.1) is 0 Å². The minimum absolute atomic E-state index is 0.164. The Morgan fingerprint density at radius 2 is 2.18 bits per heavy atom. The first-order valence-corrected chi connectivity index (χ1v) is 6.00. The Morgan fingerprint density at radius 1 is 1.35 bits per heavy atom. The van der Waals surface area contributed by atoms with E-state index in [1.165, 1.54) is 11.3 Å². The molecule has 1 unspecified atom stereocenters. The Balaban J connectivity index is 2.27. The lowest BCUT2D eigenvalue weighted by atomic mass is 10.0. The summed E-state index contributed by atoms with van der Waals surface area (Å²) in [6.45, 7) is 0.806. The summed E-state index contributed by atoms with van der Waals surface area (Å²) < 4.78 is 5.65. The summed E-state index contributed by atoms with van der Waals surface area (Å²) in [6, 6.07) is 8.70. The first-order valence-electron chi connectivity index (χ1n) is 6.00. The Bertz CT molecular complexity index is 412. The zero-order chi connectivity index (χ0) is 12.3. The lowest BCUT2D eigenvalue weighted by Crippen LogP contribution is -2.19. The van der Waals surface area contributed by atoms with Gasteiger partial charge in [0.1, 0.15) is 5.76 Å². The van der Waals surface area contributed by atoms with Crippen LogP contribution in [-0.4, -0.2) is 27.7 Å². The molecule has 1 heterocycles. The van der Waals surface area contributed by atoms with Crippen molar-refractivity contribution in [2.24, 2.45) is 0 Å². The van der Waals surface area contributed by atoms with E-state index in [-0.39, 0.29) is 6.04 Å². The molecule has 0 saturated carbocycles. The zero-order valence-corrected chi connectivity index (χ0v) is 10.7. The van der Waals surface area contributed by atoms with Crippen molar-refractivity contribution in [1.82, 2.24) is 5.32 Å². The van der Waals surface area contributed by atoms with Gasteiger partial charge in [-0.2, -0.15) is 0 Å². The summed E-state index contributed by atoms with van der Waals surface area (Å²) in [5.74, 6) is 1.04. The maximum atomic E-state index is 5.65. The van der Waals surface area contributed by atoms with E-state index < -0.39 is 0 Å². The van der Waals surface area contributed by atoms with Crippen LogP contribution >= 0.6 is 0 Å². The number of rotatable bonds is 4. The zero-order valence-electron chi connectivity index (χ0n) is 10.7. The van der Waals surface area contributed by atoms with Crippen molar-refractivity contribution >= 4 is 5.69 Å². The van der Waals surface area contributed by atoms with Crippen LogP contribution in [0.2, 0.25) is 0 Å². The normalized spacial score (nSPS) is 16.3. The van der Waals surface area contributed by atoms with Gasteiger partial charge in [-0.05, 0) is 30.8 Å². The molecular weight excluding hydrogens is 212 g/mol. The number of ether oxygens (including phenoxy) is 1. The number of likely N-dealkylation sites (N-methyl/N-ethyl adjacent to an activating group) is 1.